The summed E-state index contributed by atoms with van der Waals surface area (Å²) < 4.78 is 5.22. The molecule has 0 aromatic heterocycles. The largest absolute Gasteiger partial charge is 0.508 e. The van der Waals surface area contributed by atoms with Crippen LogP contribution in [0, 0.1) is 0 Å². The predicted molar refractivity (Wildman–Crippen MR) is 149 cm³/mol. The van der Waals surface area contributed by atoms with Crippen molar-refractivity contribution in [3.63, 3.8) is 0 Å². The normalized spacial score (nSPS) is 11.5. The molecule has 200 valence electrons. The van der Waals surface area contributed by atoms with E-state index in [0.717, 1.165) is 21.9 Å². The Kier molecular flexibility index (Phi) is 9.13. The molecule has 4 N–H and O–H groups in total. The Morgan fingerprint density at radius 3 is 2.26 bits per heavy atom. The zero-order chi connectivity index (χ0) is 27.6. The van der Waals surface area contributed by atoms with Gasteiger partial charge < -0.3 is 25.8 Å². The minimum Gasteiger partial charge on any atom is -0.508 e. The first-order valence-corrected chi connectivity index (χ1v) is 12.7. The van der Waals surface area contributed by atoms with Gasteiger partial charge in [0.15, 0.2) is 0 Å². The molecule has 1 atom stereocenters. The average Bonchev–Trinajstić information content (AvgIpc) is 2.96. The highest BCUT2D eigenvalue weighted by atomic mass is 16.5. The highest BCUT2D eigenvalue weighted by Crippen LogP contribution is 2.21. The van der Waals surface area contributed by atoms with E-state index in [0.29, 0.717) is 12.0 Å². The van der Waals surface area contributed by atoms with E-state index in [4.69, 9.17) is 10.5 Å². The van der Waals surface area contributed by atoms with Crippen molar-refractivity contribution < 1.29 is 24.2 Å². The molecule has 4 rings (SSSR count). The van der Waals surface area contributed by atoms with Crippen LogP contribution < -0.4 is 11.1 Å². The summed E-state index contributed by atoms with van der Waals surface area (Å²) in [6.07, 6.45) is 0.0688. The summed E-state index contributed by atoms with van der Waals surface area (Å²) in [4.78, 5) is 39.9. The number of nitrogens with two attached hydrogens (primary N) is 1. The van der Waals surface area contributed by atoms with Crippen LogP contribution in [0.4, 0.5) is 4.79 Å². The Labute approximate surface area is 227 Å². The van der Waals surface area contributed by atoms with Crippen LogP contribution in [0.2, 0.25) is 0 Å². The molecule has 0 heterocycles. The van der Waals surface area contributed by atoms with Crippen LogP contribution >= 0.6 is 0 Å². The first-order chi connectivity index (χ1) is 18.9. The zero-order valence-electron chi connectivity index (χ0n) is 21.5. The maximum absolute atomic E-state index is 13.7. The molecule has 0 saturated carbocycles. The van der Waals surface area contributed by atoms with E-state index in [2.05, 4.69) is 5.32 Å². The molecule has 0 fully saturated rings. The number of nitrogens with one attached hydrogen (secondary N) is 1. The summed E-state index contributed by atoms with van der Waals surface area (Å²) in [5, 5.41) is 14.2. The van der Waals surface area contributed by atoms with Crippen molar-refractivity contribution in [3.05, 3.63) is 114 Å². The third-order valence-electron chi connectivity index (χ3n) is 6.39. The van der Waals surface area contributed by atoms with Gasteiger partial charge in [0.25, 0.3) is 5.91 Å². The minimum atomic E-state index is -0.917. The van der Waals surface area contributed by atoms with E-state index in [1.165, 1.54) is 17.0 Å². The monoisotopic (exact) mass is 525 g/mol. The Bertz CT molecular complexity index is 1420. The third-order valence-corrected chi connectivity index (χ3v) is 6.39. The highest BCUT2D eigenvalue weighted by Gasteiger charge is 2.29. The number of primary amides is 1. The van der Waals surface area contributed by atoms with Crippen LogP contribution in [-0.2, 0) is 22.7 Å². The van der Waals surface area contributed by atoms with Crippen molar-refractivity contribution in [1.29, 1.82) is 0 Å². The second-order valence-corrected chi connectivity index (χ2v) is 9.21. The van der Waals surface area contributed by atoms with Crippen LogP contribution in [0.25, 0.3) is 10.8 Å². The molecular formula is C31H31N3O5. The number of ether oxygens (including phenoxy) is 1. The number of rotatable bonds is 11. The van der Waals surface area contributed by atoms with Gasteiger partial charge in [-0.3, -0.25) is 9.59 Å². The van der Waals surface area contributed by atoms with E-state index in [1.54, 1.807) is 24.3 Å². The van der Waals surface area contributed by atoms with Crippen molar-refractivity contribution in [2.45, 2.75) is 32.0 Å². The lowest BCUT2D eigenvalue weighted by molar-refractivity contribution is -0.122. The van der Waals surface area contributed by atoms with E-state index in [1.807, 2.05) is 60.7 Å². The molecule has 4 aromatic rings. The summed E-state index contributed by atoms with van der Waals surface area (Å²) in [5.74, 6) is -0.884. The number of amides is 3. The zero-order valence-corrected chi connectivity index (χ0v) is 21.5. The summed E-state index contributed by atoms with van der Waals surface area (Å²) in [7, 11) is 0. The maximum atomic E-state index is 13.7. The quantitative estimate of drug-likeness (QED) is 0.244. The van der Waals surface area contributed by atoms with Crippen molar-refractivity contribution in [2.75, 3.05) is 6.54 Å². The van der Waals surface area contributed by atoms with Gasteiger partial charge in [0.1, 0.15) is 18.4 Å². The third kappa shape index (κ3) is 7.58. The Morgan fingerprint density at radius 1 is 0.846 bits per heavy atom. The lowest BCUT2D eigenvalue weighted by atomic mass is 10.0. The number of hydrogen-bond acceptors (Lipinski definition) is 5. The SMILES string of the molecule is NC(=O)[C@@H](CCCNC(=O)OCc1ccccc1)N(Cc1ccc(O)cc1)C(=O)c1ccc2ccccc2c1. The number of carbonyl (C=O) groups is 3. The van der Waals surface area contributed by atoms with Gasteiger partial charge in [0.2, 0.25) is 5.91 Å². The number of fused-ring (bicyclic) bond motifs is 1. The number of phenolic OH excluding ortho intramolecular Hbond substituents is 1. The molecule has 8 heteroatoms. The second-order valence-electron chi connectivity index (χ2n) is 9.21. The molecule has 0 unspecified atom stereocenters. The van der Waals surface area contributed by atoms with Crippen LogP contribution in [0.15, 0.2) is 97.1 Å². The first kappa shape index (κ1) is 27.2. The summed E-state index contributed by atoms with van der Waals surface area (Å²) in [6, 6.07) is 28.0. The number of aromatic hydroxyl groups is 1. The summed E-state index contributed by atoms with van der Waals surface area (Å²) in [6.45, 7) is 0.512. The highest BCUT2D eigenvalue weighted by molar-refractivity contribution is 6.00. The van der Waals surface area contributed by atoms with Gasteiger partial charge in [-0.15, -0.1) is 0 Å². The minimum absolute atomic E-state index is 0.0998. The van der Waals surface area contributed by atoms with Gasteiger partial charge in [-0.1, -0.05) is 72.8 Å². The standard InChI is InChI=1S/C31H31N3O5/c32-29(36)28(11-6-18-33-31(38)39-21-23-7-2-1-3-8-23)34(20-22-12-16-27(35)17-13-22)30(37)26-15-14-24-9-4-5-10-25(24)19-26/h1-5,7-10,12-17,19,28,35H,6,11,18,20-21H2,(H2,32,36)(H,33,38)/t28-/m1/s1. The van der Waals surface area contributed by atoms with E-state index in [9.17, 15) is 19.5 Å². The molecule has 0 aliphatic heterocycles. The van der Waals surface area contributed by atoms with Gasteiger partial charge in [-0.25, -0.2) is 4.79 Å². The summed E-state index contributed by atoms with van der Waals surface area (Å²) >= 11 is 0. The number of carbonyl (C=O) groups excluding carboxylic acids is 3. The average molecular weight is 526 g/mol. The van der Waals surface area contributed by atoms with E-state index < -0.39 is 18.0 Å². The molecule has 0 aliphatic rings. The maximum Gasteiger partial charge on any atom is 0.407 e. The second kappa shape index (κ2) is 13.1. The lowest BCUT2D eigenvalue weighted by Crippen LogP contribution is -2.47. The molecule has 0 spiro atoms. The fourth-order valence-electron chi connectivity index (χ4n) is 4.32. The molecule has 0 radical (unpaired) electrons. The van der Waals surface area contributed by atoms with Gasteiger partial charge in [0.05, 0.1) is 0 Å². The van der Waals surface area contributed by atoms with Crippen molar-refractivity contribution >= 4 is 28.7 Å². The number of nitrogens with zero attached hydrogens (tertiary/aromatic N) is 1. The fourth-order valence-corrected chi connectivity index (χ4v) is 4.32. The van der Waals surface area contributed by atoms with E-state index in [-0.39, 0.29) is 37.8 Å². The number of hydrogen-bond donors (Lipinski definition) is 3. The van der Waals surface area contributed by atoms with Gasteiger partial charge >= 0.3 is 6.09 Å². The molecule has 0 bridgehead atoms. The van der Waals surface area contributed by atoms with Gasteiger partial charge in [0, 0.05) is 18.7 Å². The molecule has 4 aromatic carbocycles. The molecule has 8 nitrogen and oxygen atoms in total. The first-order valence-electron chi connectivity index (χ1n) is 12.7. The number of phenols is 1. The lowest BCUT2D eigenvalue weighted by Gasteiger charge is -2.30. The number of alkyl carbamates (subject to hydrolysis) is 1. The topological polar surface area (TPSA) is 122 Å². The fraction of sp³-hybridized carbons (Fsp3) is 0.194. The van der Waals surface area contributed by atoms with Gasteiger partial charge in [-0.05, 0) is 59.0 Å². The predicted octanol–water partition coefficient (Wildman–Crippen LogP) is 4.75. The smallest absolute Gasteiger partial charge is 0.407 e. The molecule has 0 saturated heterocycles. The molecule has 39 heavy (non-hydrogen) atoms. The molecule has 3 amide bonds. The van der Waals surface area contributed by atoms with Crippen LogP contribution in [0.3, 0.4) is 0 Å². The Balaban J connectivity index is 1.45. The molecule has 0 aliphatic carbocycles. The molecular weight excluding hydrogens is 494 g/mol. The van der Waals surface area contributed by atoms with Crippen LogP contribution in [0.5, 0.6) is 5.75 Å². The number of benzene rings is 4. The Hall–Kier alpha value is -4.85. The van der Waals surface area contributed by atoms with E-state index >= 15 is 0 Å². The van der Waals surface area contributed by atoms with Gasteiger partial charge in [-0.2, -0.15) is 0 Å². The van der Waals surface area contributed by atoms with Crippen molar-refractivity contribution in [3.8, 4) is 5.75 Å². The van der Waals surface area contributed by atoms with Crippen LogP contribution in [-0.4, -0.2) is 40.5 Å². The van der Waals surface area contributed by atoms with Crippen molar-refractivity contribution in [1.82, 2.24) is 10.2 Å². The van der Waals surface area contributed by atoms with Crippen molar-refractivity contribution in [2.24, 2.45) is 5.73 Å². The Morgan fingerprint density at radius 2 is 1.54 bits per heavy atom. The summed E-state index contributed by atoms with van der Waals surface area (Å²) in [5.41, 5.74) is 7.83. The van der Waals surface area contributed by atoms with Crippen LogP contribution in [0.1, 0.15) is 34.3 Å².